The van der Waals surface area contributed by atoms with Gasteiger partial charge in [0.25, 0.3) is 0 Å². The zero-order valence-corrected chi connectivity index (χ0v) is 22.4. The van der Waals surface area contributed by atoms with Crippen molar-refractivity contribution in [2.24, 2.45) is 13.0 Å². The lowest BCUT2D eigenvalue weighted by Gasteiger charge is -2.41. The Bertz CT molecular complexity index is 1580. The summed E-state index contributed by atoms with van der Waals surface area (Å²) < 4.78 is 46.9. The minimum Gasteiger partial charge on any atom is -0.390 e. The van der Waals surface area contributed by atoms with Gasteiger partial charge in [-0.2, -0.15) is 13.2 Å². The molecule has 6 rings (SSSR count). The van der Waals surface area contributed by atoms with E-state index in [2.05, 4.69) is 22.0 Å². The molecule has 0 saturated carbocycles. The van der Waals surface area contributed by atoms with Crippen LogP contribution in [-0.4, -0.2) is 70.9 Å². The van der Waals surface area contributed by atoms with E-state index in [-0.39, 0.29) is 11.6 Å². The molecule has 5 heterocycles. The highest BCUT2D eigenvalue weighted by Crippen LogP contribution is 2.35. The van der Waals surface area contributed by atoms with Crippen LogP contribution in [0.1, 0.15) is 48.3 Å². The number of rotatable bonds is 6. The number of likely N-dealkylation sites (tertiary alicyclic amines) is 2. The number of pyridine rings is 1. The third-order valence-corrected chi connectivity index (χ3v) is 7.99. The van der Waals surface area contributed by atoms with Gasteiger partial charge in [-0.3, -0.25) is 18.8 Å². The Hall–Kier alpha value is -3.48. The number of nitrogens with zero attached hydrogens (tertiary/aromatic N) is 7. The number of piperidine rings is 1. The summed E-state index contributed by atoms with van der Waals surface area (Å²) in [6, 6.07) is 7.97. The van der Waals surface area contributed by atoms with Crippen LogP contribution in [0.5, 0.6) is 0 Å². The maximum Gasteiger partial charge on any atom is 0.418 e. The molecule has 1 N–H and O–H groups in total. The van der Waals surface area contributed by atoms with Crippen molar-refractivity contribution in [3.63, 3.8) is 0 Å². The number of benzene rings is 1. The fourth-order valence-corrected chi connectivity index (χ4v) is 6.04. The Kier molecular flexibility index (Phi) is 6.79. The lowest BCUT2D eigenvalue weighted by atomic mass is 9.99. The van der Waals surface area contributed by atoms with E-state index in [9.17, 15) is 23.1 Å². The van der Waals surface area contributed by atoms with Gasteiger partial charge in [0.15, 0.2) is 5.82 Å². The summed E-state index contributed by atoms with van der Waals surface area (Å²) in [5.41, 5.74) is 0.114. The fraction of sp³-hybridized carbons (Fsp3) is 0.464. The van der Waals surface area contributed by atoms with Gasteiger partial charge in [0.05, 0.1) is 28.9 Å². The number of aliphatic hydroxyl groups excluding tert-OH is 1. The van der Waals surface area contributed by atoms with Crippen molar-refractivity contribution in [1.29, 1.82) is 0 Å². The van der Waals surface area contributed by atoms with Gasteiger partial charge >= 0.3 is 11.9 Å². The van der Waals surface area contributed by atoms with Gasteiger partial charge in [0.2, 0.25) is 0 Å². The first-order valence-electron chi connectivity index (χ1n) is 13.5. The first-order chi connectivity index (χ1) is 19.1. The standard InChI is InChI=1S/C28H32F3N7O2/c1-18-5-4-8-35(11-18)12-19-9-23(28(29,30)31)24-16-37(27(40)38(24)13-19)21-7-3-6-20(10-21)25(36-14-22(39)15-36)26-33-32-17-34(26)2/h3,6-7,9-10,13,16-18,22,25,39H,4-5,8,11-12,14-15H2,1-2H3/t18-,25-/m0/s1. The minimum atomic E-state index is -4.62. The first kappa shape index (κ1) is 26.7. The van der Waals surface area contributed by atoms with Gasteiger partial charge in [0, 0.05) is 45.6 Å². The van der Waals surface area contributed by atoms with Gasteiger partial charge in [-0.15, -0.1) is 10.2 Å². The Morgan fingerprint density at radius 2 is 1.95 bits per heavy atom. The van der Waals surface area contributed by atoms with Crippen LogP contribution in [0.2, 0.25) is 0 Å². The molecular formula is C28H32F3N7O2. The number of aryl methyl sites for hydroxylation is 1. The predicted octanol–water partition coefficient (Wildman–Crippen LogP) is 3.24. The maximum absolute atomic E-state index is 14.2. The summed E-state index contributed by atoms with van der Waals surface area (Å²) in [5, 5.41) is 18.2. The van der Waals surface area contributed by atoms with E-state index in [0.29, 0.717) is 42.6 Å². The van der Waals surface area contributed by atoms with Crippen molar-refractivity contribution in [3.05, 3.63) is 82.1 Å². The van der Waals surface area contributed by atoms with Crippen LogP contribution in [-0.2, 0) is 19.8 Å². The highest BCUT2D eigenvalue weighted by molar-refractivity contribution is 5.58. The SMILES string of the molecule is C[C@H]1CCCN(Cc2cc(C(F)(F)F)c3cn(-c4cccc([C@@H](c5nncn5C)N5CC(O)C5)c4)c(=O)n3c2)C1. The number of alkyl halides is 3. The smallest absolute Gasteiger partial charge is 0.390 e. The molecule has 4 aromatic rings. The van der Waals surface area contributed by atoms with E-state index in [1.54, 1.807) is 29.1 Å². The number of fused-ring (bicyclic) bond motifs is 1. The summed E-state index contributed by atoms with van der Waals surface area (Å²) >= 11 is 0. The molecule has 1 aromatic carbocycles. The fourth-order valence-electron chi connectivity index (χ4n) is 6.04. The largest absolute Gasteiger partial charge is 0.418 e. The average Bonchev–Trinajstić information content (AvgIpc) is 3.45. The molecule has 0 amide bonds. The molecule has 2 atom stereocenters. The van der Waals surface area contributed by atoms with E-state index in [0.717, 1.165) is 35.9 Å². The molecule has 2 fully saturated rings. The van der Waals surface area contributed by atoms with Gasteiger partial charge in [-0.1, -0.05) is 19.1 Å². The summed E-state index contributed by atoms with van der Waals surface area (Å²) in [4.78, 5) is 17.8. The second kappa shape index (κ2) is 10.2. The average molecular weight is 556 g/mol. The highest BCUT2D eigenvalue weighted by Gasteiger charge is 2.36. The maximum atomic E-state index is 14.2. The van der Waals surface area contributed by atoms with Gasteiger partial charge < -0.3 is 9.67 Å². The Labute approximate surface area is 229 Å². The summed E-state index contributed by atoms with van der Waals surface area (Å²) in [5.74, 6) is 1.15. The topological polar surface area (TPSA) is 83.8 Å². The molecule has 40 heavy (non-hydrogen) atoms. The van der Waals surface area contributed by atoms with Crippen molar-refractivity contribution in [1.82, 2.24) is 33.5 Å². The van der Waals surface area contributed by atoms with Crippen molar-refractivity contribution in [2.45, 2.75) is 44.6 Å². The molecule has 12 heteroatoms. The number of β-amino-alcohol motifs (C(OH)–C–C–N with tert-alkyl or cyclic N) is 1. The van der Waals surface area contributed by atoms with Crippen molar-refractivity contribution in [2.75, 3.05) is 26.2 Å². The molecule has 2 aliphatic rings. The second-order valence-electron chi connectivity index (χ2n) is 11.2. The molecule has 212 valence electrons. The van der Waals surface area contributed by atoms with Crippen molar-refractivity contribution in [3.8, 4) is 5.69 Å². The van der Waals surface area contributed by atoms with E-state index in [1.165, 1.54) is 23.0 Å². The van der Waals surface area contributed by atoms with Crippen molar-refractivity contribution >= 4 is 5.52 Å². The highest BCUT2D eigenvalue weighted by atomic mass is 19.4. The molecule has 3 aromatic heterocycles. The normalized spacial score (nSPS) is 20.2. The summed E-state index contributed by atoms with van der Waals surface area (Å²) in [7, 11) is 1.83. The van der Waals surface area contributed by atoms with Crippen LogP contribution < -0.4 is 5.69 Å². The van der Waals surface area contributed by atoms with Gasteiger partial charge in [-0.05, 0) is 54.6 Å². The zero-order valence-electron chi connectivity index (χ0n) is 22.4. The molecule has 0 spiro atoms. The van der Waals surface area contributed by atoms with Gasteiger partial charge in [-0.25, -0.2) is 4.79 Å². The van der Waals surface area contributed by atoms with Crippen LogP contribution in [0.15, 0.2) is 53.8 Å². The lowest BCUT2D eigenvalue weighted by Crippen LogP contribution is -2.52. The van der Waals surface area contributed by atoms with Crippen LogP contribution in [0.4, 0.5) is 13.2 Å². The third-order valence-electron chi connectivity index (χ3n) is 7.99. The molecule has 2 saturated heterocycles. The van der Waals surface area contributed by atoms with Crippen LogP contribution in [0.3, 0.4) is 0 Å². The number of aromatic nitrogens is 5. The molecular weight excluding hydrogens is 523 g/mol. The van der Waals surface area contributed by atoms with E-state index >= 15 is 0 Å². The third kappa shape index (κ3) is 4.95. The zero-order chi connectivity index (χ0) is 28.2. The van der Waals surface area contributed by atoms with E-state index < -0.39 is 23.5 Å². The number of aliphatic hydroxyl groups is 1. The second-order valence-corrected chi connectivity index (χ2v) is 11.2. The Balaban J connectivity index is 1.42. The minimum absolute atomic E-state index is 0.186. The van der Waals surface area contributed by atoms with Crippen LogP contribution >= 0.6 is 0 Å². The number of hydrogen-bond donors (Lipinski definition) is 1. The molecule has 2 aliphatic heterocycles. The Morgan fingerprint density at radius 3 is 2.62 bits per heavy atom. The molecule has 0 unspecified atom stereocenters. The molecule has 0 aliphatic carbocycles. The van der Waals surface area contributed by atoms with Crippen molar-refractivity contribution < 1.29 is 18.3 Å². The first-order valence-corrected chi connectivity index (χ1v) is 13.5. The lowest BCUT2D eigenvalue weighted by molar-refractivity contribution is -0.136. The van der Waals surface area contributed by atoms with Crippen LogP contribution in [0, 0.1) is 5.92 Å². The van der Waals surface area contributed by atoms with Crippen LogP contribution in [0.25, 0.3) is 11.2 Å². The molecule has 0 radical (unpaired) electrons. The quantitative estimate of drug-likeness (QED) is 0.394. The molecule has 9 nitrogen and oxygen atoms in total. The summed E-state index contributed by atoms with van der Waals surface area (Å²) in [6.07, 6.45) is 1.45. The number of halogens is 3. The predicted molar refractivity (Wildman–Crippen MR) is 142 cm³/mol. The summed E-state index contributed by atoms with van der Waals surface area (Å²) in [6.45, 7) is 5.05. The number of hydrogen-bond acceptors (Lipinski definition) is 6. The molecule has 0 bridgehead atoms. The Morgan fingerprint density at radius 1 is 1.15 bits per heavy atom. The number of imidazole rings is 1. The van der Waals surface area contributed by atoms with E-state index in [4.69, 9.17) is 0 Å². The van der Waals surface area contributed by atoms with Gasteiger partial charge in [0.1, 0.15) is 6.33 Å². The van der Waals surface area contributed by atoms with E-state index in [1.807, 2.05) is 18.0 Å². The monoisotopic (exact) mass is 555 g/mol.